The average molecular weight is 548 g/mol. The van der Waals surface area contributed by atoms with E-state index in [0.29, 0.717) is 11.3 Å². The molecule has 0 aliphatic carbocycles. The highest BCUT2D eigenvalue weighted by molar-refractivity contribution is 8.00. The zero-order valence-electron chi connectivity index (χ0n) is 16.9. The van der Waals surface area contributed by atoms with Gasteiger partial charge in [0, 0.05) is 28.4 Å². The van der Waals surface area contributed by atoms with Crippen molar-refractivity contribution in [3.8, 4) is 0 Å². The Hall–Kier alpha value is -3.51. The summed E-state index contributed by atoms with van der Waals surface area (Å²) in [6, 6.07) is -1.13. The number of carboxylic acids is 1. The molecule has 2 amide bonds. The lowest BCUT2D eigenvalue weighted by Gasteiger charge is -2.49. The molecule has 184 valence electrons. The van der Waals surface area contributed by atoms with Gasteiger partial charge in [-0.25, -0.2) is 9.78 Å². The van der Waals surface area contributed by atoms with Crippen molar-refractivity contribution in [1.29, 1.82) is 0 Å². The van der Waals surface area contributed by atoms with Gasteiger partial charge in [-0.1, -0.05) is 11.2 Å². The number of carboxylic acid groups (broad SMARTS) is 1. The minimum absolute atomic E-state index is 0.0208. The number of thiazole rings is 1. The Kier molecular flexibility index (Phi) is 6.52. The number of halogens is 3. The smallest absolute Gasteiger partial charge is 0.443 e. The van der Waals surface area contributed by atoms with Gasteiger partial charge < -0.3 is 21.4 Å². The quantitative estimate of drug-likeness (QED) is 0.177. The number of alkyl halides is 3. The third-order valence-corrected chi connectivity index (χ3v) is 7.52. The summed E-state index contributed by atoms with van der Waals surface area (Å²) in [5, 5.41) is 22.3. The van der Waals surface area contributed by atoms with E-state index in [1.807, 2.05) is 0 Å². The summed E-state index contributed by atoms with van der Waals surface area (Å²) in [6.45, 7) is 0. The molecular weight excluding hydrogens is 535 g/mol. The molecule has 4 rings (SSSR count). The molecule has 0 aromatic carbocycles. The van der Waals surface area contributed by atoms with Crippen LogP contribution in [0.1, 0.15) is 15.7 Å². The van der Waals surface area contributed by atoms with Crippen LogP contribution in [0.25, 0.3) is 6.08 Å². The number of anilines is 1. The number of fused-ring (bicyclic) bond motifs is 1. The van der Waals surface area contributed by atoms with E-state index in [9.17, 15) is 32.7 Å². The summed E-state index contributed by atoms with van der Waals surface area (Å²) in [7, 11) is 0. The maximum Gasteiger partial charge on any atom is 0.443 e. The molecular formula is C17H12F3N7O5S3. The molecule has 35 heavy (non-hydrogen) atoms. The number of amides is 2. The fraction of sp³-hybridized carbons (Fsp3) is 0.235. The Morgan fingerprint density at radius 2 is 2.09 bits per heavy atom. The fourth-order valence-electron chi connectivity index (χ4n) is 3.18. The minimum atomic E-state index is -4.59. The first kappa shape index (κ1) is 24.6. The molecule has 0 spiro atoms. The molecule has 2 aromatic heterocycles. The highest BCUT2D eigenvalue weighted by Crippen LogP contribution is 2.41. The molecule has 0 bridgehead atoms. The number of hydrogen-bond acceptors (Lipinski definition) is 12. The zero-order chi connectivity index (χ0) is 25.5. The van der Waals surface area contributed by atoms with E-state index < -0.39 is 46.1 Å². The van der Waals surface area contributed by atoms with Gasteiger partial charge in [0.2, 0.25) is 11.5 Å². The number of nitrogens with one attached hydrogen (secondary N) is 1. The number of aliphatic carboxylic acids is 1. The zero-order valence-corrected chi connectivity index (χ0v) is 19.3. The normalized spacial score (nSPS) is 20.7. The van der Waals surface area contributed by atoms with Gasteiger partial charge in [0.05, 0.1) is 0 Å². The van der Waals surface area contributed by atoms with Crippen molar-refractivity contribution in [2.24, 2.45) is 5.16 Å². The number of β-lactam (4-membered cyclic amide) rings is 1. The van der Waals surface area contributed by atoms with Crippen LogP contribution in [0.15, 0.2) is 28.7 Å². The van der Waals surface area contributed by atoms with Crippen molar-refractivity contribution in [2.75, 3.05) is 11.5 Å². The summed E-state index contributed by atoms with van der Waals surface area (Å²) < 4.78 is 42.0. The highest BCUT2D eigenvalue weighted by atomic mass is 32.2. The summed E-state index contributed by atoms with van der Waals surface area (Å²) in [4.78, 5) is 45.3. The Bertz CT molecular complexity index is 1300. The predicted molar refractivity (Wildman–Crippen MR) is 118 cm³/mol. The Balaban J connectivity index is 1.51. The number of nitrogens with zero attached hydrogens (tertiary/aromatic N) is 5. The lowest BCUT2D eigenvalue weighted by atomic mass is 10.0. The molecule has 2 atom stereocenters. The first-order valence-electron chi connectivity index (χ1n) is 9.26. The Morgan fingerprint density at radius 3 is 2.66 bits per heavy atom. The van der Waals surface area contributed by atoms with Crippen LogP contribution < -0.4 is 11.1 Å². The van der Waals surface area contributed by atoms with Crippen molar-refractivity contribution in [1.82, 2.24) is 24.6 Å². The monoisotopic (exact) mass is 547 g/mol. The number of nitrogens with two attached hydrogens (primary N) is 1. The topological polar surface area (TPSA) is 184 Å². The minimum Gasteiger partial charge on any atom is -0.477 e. The predicted octanol–water partition coefficient (Wildman–Crippen LogP) is 1.23. The number of hydrogen-bond donors (Lipinski definition) is 4. The van der Waals surface area contributed by atoms with E-state index in [1.165, 1.54) is 12.2 Å². The molecule has 2 aliphatic heterocycles. The maximum absolute atomic E-state index is 12.7. The molecule has 1 fully saturated rings. The van der Waals surface area contributed by atoms with Crippen LogP contribution in [0.3, 0.4) is 0 Å². The molecule has 0 saturated carbocycles. The Morgan fingerprint density at radius 1 is 1.34 bits per heavy atom. The SMILES string of the molecule is Nc1nc(/C(=N\O)C(=O)NC2C(=O)N3C(C(=O)O)=C(/C=C/c4cnc(C(F)(F)F)s4)CS[C@H]23)ns1. The molecule has 5 N–H and O–H groups in total. The summed E-state index contributed by atoms with van der Waals surface area (Å²) in [5.74, 6) is -3.29. The van der Waals surface area contributed by atoms with E-state index in [0.717, 1.165) is 34.4 Å². The van der Waals surface area contributed by atoms with Gasteiger partial charge in [0.15, 0.2) is 10.1 Å². The number of rotatable bonds is 6. The first-order chi connectivity index (χ1) is 16.5. The van der Waals surface area contributed by atoms with Gasteiger partial charge in [0.1, 0.15) is 17.1 Å². The summed E-state index contributed by atoms with van der Waals surface area (Å²) in [6.07, 6.45) is -0.988. The van der Waals surface area contributed by atoms with Crippen molar-refractivity contribution in [3.05, 3.63) is 39.3 Å². The number of nitrogen functional groups attached to an aromatic ring is 1. The molecule has 18 heteroatoms. The van der Waals surface area contributed by atoms with Crippen molar-refractivity contribution in [2.45, 2.75) is 17.6 Å². The first-order valence-corrected chi connectivity index (χ1v) is 11.9. The van der Waals surface area contributed by atoms with Gasteiger partial charge in [0.25, 0.3) is 11.8 Å². The molecule has 4 heterocycles. The van der Waals surface area contributed by atoms with Crippen molar-refractivity contribution >= 4 is 69.3 Å². The van der Waals surface area contributed by atoms with Crippen LogP contribution in [0.2, 0.25) is 0 Å². The van der Waals surface area contributed by atoms with Gasteiger partial charge in [-0.15, -0.1) is 23.1 Å². The molecule has 2 aromatic rings. The van der Waals surface area contributed by atoms with Crippen LogP contribution in [-0.2, 0) is 20.6 Å². The van der Waals surface area contributed by atoms with E-state index in [4.69, 9.17) is 10.9 Å². The van der Waals surface area contributed by atoms with Gasteiger partial charge in [-0.2, -0.15) is 22.5 Å². The third kappa shape index (κ3) is 4.71. The van der Waals surface area contributed by atoms with Crippen LogP contribution in [0.4, 0.5) is 18.3 Å². The van der Waals surface area contributed by atoms with Crippen LogP contribution >= 0.6 is 34.6 Å². The number of thioether (sulfide) groups is 1. The summed E-state index contributed by atoms with van der Waals surface area (Å²) >= 11 is 2.28. The van der Waals surface area contributed by atoms with E-state index in [2.05, 4.69) is 24.8 Å². The highest BCUT2D eigenvalue weighted by Gasteiger charge is 2.54. The standard InChI is InChI=1S/C17H12F3N7O5S3/c18-17(19,20)15-22-3-6(34-15)2-1-5-4-33-13-8(12(29)27(13)9(5)14(30)31)23-11(28)7(25-32)10-24-16(21)35-26-10/h1-3,8,13,32H,4H2,(H,23,28)(H,30,31)(H2,21,24,26)/b2-1+,25-7+/t8?,13-/m1/s1. The van der Waals surface area contributed by atoms with E-state index in [1.54, 1.807) is 0 Å². The van der Waals surface area contributed by atoms with E-state index >= 15 is 0 Å². The number of allylic oxidation sites excluding steroid dienone is 1. The second-order valence-corrected chi connectivity index (χ2v) is 9.79. The average Bonchev–Trinajstić information content (AvgIpc) is 3.45. The molecule has 0 radical (unpaired) electrons. The number of carbonyl (C=O) groups is 3. The molecule has 1 unspecified atom stereocenters. The number of carbonyl (C=O) groups excluding carboxylic acids is 2. The van der Waals surface area contributed by atoms with Crippen LogP contribution in [0.5, 0.6) is 0 Å². The number of oxime groups is 1. The molecule has 12 nitrogen and oxygen atoms in total. The second kappa shape index (κ2) is 9.27. The van der Waals surface area contributed by atoms with Gasteiger partial charge in [-0.3, -0.25) is 14.5 Å². The van der Waals surface area contributed by atoms with E-state index in [-0.39, 0.29) is 32.9 Å². The lowest BCUT2D eigenvalue weighted by molar-refractivity contribution is -0.150. The molecule has 1 saturated heterocycles. The third-order valence-electron chi connectivity index (χ3n) is 4.67. The van der Waals surface area contributed by atoms with Crippen LogP contribution in [-0.4, -0.2) is 70.2 Å². The van der Waals surface area contributed by atoms with Gasteiger partial charge >= 0.3 is 12.1 Å². The van der Waals surface area contributed by atoms with Gasteiger partial charge in [-0.05, 0) is 11.6 Å². The van der Waals surface area contributed by atoms with Crippen molar-refractivity contribution < 1.29 is 37.9 Å². The summed E-state index contributed by atoms with van der Waals surface area (Å²) in [5.41, 5.74) is 4.71. The molecule has 2 aliphatic rings. The lowest BCUT2D eigenvalue weighted by Crippen LogP contribution is -2.71. The maximum atomic E-state index is 12.7. The van der Waals surface area contributed by atoms with Crippen LogP contribution in [0, 0.1) is 0 Å². The number of aromatic nitrogens is 3. The largest absolute Gasteiger partial charge is 0.477 e. The van der Waals surface area contributed by atoms with Crippen molar-refractivity contribution in [3.63, 3.8) is 0 Å². The Labute approximate surface area is 205 Å². The second-order valence-electron chi connectivity index (χ2n) is 6.84. The fourth-order valence-corrected chi connectivity index (χ4v) is 5.62.